The number of hydrogen-bond acceptors (Lipinski definition) is 5. The van der Waals surface area contributed by atoms with E-state index >= 15 is 0 Å². The predicted octanol–water partition coefficient (Wildman–Crippen LogP) is 3.80. The largest absolute Gasteiger partial charge is 0.487 e. The summed E-state index contributed by atoms with van der Waals surface area (Å²) in [6, 6.07) is 19.7. The van der Waals surface area contributed by atoms with Crippen LogP contribution in [0.2, 0.25) is 0 Å². The molecule has 4 N–H and O–H groups in total. The Morgan fingerprint density at radius 3 is 2.19 bits per heavy atom. The minimum atomic E-state index is -0.697. The second kappa shape index (κ2) is 9.93. The Balaban J connectivity index is 1.81. The van der Waals surface area contributed by atoms with Crippen LogP contribution in [0.5, 0.6) is 5.75 Å². The monoisotopic (exact) mass is 419 g/mol. The van der Waals surface area contributed by atoms with Crippen LogP contribution < -0.4 is 21.1 Å². The van der Waals surface area contributed by atoms with Gasteiger partial charge in [0.2, 0.25) is 0 Å². The van der Waals surface area contributed by atoms with Gasteiger partial charge in [-0.15, -0.1) is 0 Å². The third-order valence-corrected chi connectivity index (χ3v) is 4.30. The van der Waals surface area contributed by atoms with Gasteiger partial charge in [0.05, 0.1) is 18.4 Å². The molecule has 0 bridgehead atoms. The second-order valence-electron chi connectivity index (χ2n) is 6.50. The number of amides is 3. The van der Waals surface area contributed by atoms with Crippen molar-refractivity contribution in [3.8, 4) is 5.75 Å². The topological polar surface area (TPSA) is 120 Å². The summed E-state index contributed by atoms with van der Waals surface area (Å²) < 4.78 is 10.6. The number of rotatable bonds is 7. The van der Waals surface area contributed by atoms with Crippen LogP contribution in [-0.4, -0.2) is 25.0 Å². The summed E-state index contributed by atoms with van der Waals surface area (Å²) in [5, 5.41) is 5.18. The molecule has 0 radical (unpaired) electrons. The summed E-state index contributed by atoms with van der Waals surface area (Å²) in [7, 11) is 1.28. The first-order valence-corrected chi connectivity index (χ1v) is 9.33. The third kappa shape index (κ3) is 5.83. The number of urea groups is 1. The number of esters is 1. The summed E-state index contributed by atoms with van der Waals surface area (Å²) >= 11 is 0. The van der Waals surface area contributed by atoms with E-state index in [1.54, 1.807) is 24.3 Å². The SMILES string of the molecule is COC(=O)c1ccc(OCc2ccccc2)c(NC(=O)c2ccc(NC(N)=O)cc2)c1. The maximum Gasteiger partial charge on any atom is 0.337 e. The fourth-order valence-corrected chi connectivity index (χ4v) is 2.78. The van der Waals surface area contributed by atoms with E-state index in [9.17, 15) is 14.4 Å². The minimum Gasteiger partial charge on any atom is -0.487 e. The molecule has 8 nitrogen and oxygen atoms in total. The summed E-state index contributed by atoms with van der Waals surface area (Å²) in [5.41, 5.74) is 7.43. The number of nitrogens with one attached hydrogen (secondary N) is 2. The maximum absolute atomic E-state index is 12.7. The third-order valence-electron chi connectivity index (χ3n) is 4.30. The van der Waals surface area contributed by atoms with Crippen LogP contribution in [0.4, 0.5) is 16.2 Å². The standard InChI is InChI=1S/C23H21N3O5/c1-30-22(28)17-9-12-20(31-14-15-5-3-2-4-6-15)19(13-17)26-21(27)16-7-10-18(11-8-16)25-23(24)29/h2-13H,14H2,1H3,(H,26,27)(H3,24,25,29). The molecule has 0 heterocycles. The van der Waals surface area contributed by atoms with Crippen LogP contribution in [0.1, 0.15) is 26.3 Å². The highest BCUT2D eigenvalue weighted by Gasteiger charge is 2.15. The first kappa shape index (κ1) is 21.4. The molecule has 0 fully saturated rings. The van der Waals surface area contributed by atoms with Crippen molar-refractivity contribution in [2.45, 2.75) is 6.61 Å². The highest BCUT2D eigenvalue weighted by Crippen LogP contribution is 2.28. The number of nitrogens with two attached hydrogens (primary N) is 1. The van der Waals surface area contributed by atoms with Gasteiger partial charge < -0.3 is 25.8 Å². The molecule has 0 aliphatic carbocycles. The molecule has 3 aromatic rings. The van der Waals surface area contributed by atoms with Gasteiger partial charge in [0, 0.05) is 11.3 Å². The van der Waals surface area contributed by atoms with Crippen molar-refractivity contribution in [3.05, 3.63) is 89.5 Å². The highest BCUT2D eigenvalue weighted by atomic mass is 16.5. The molecule has 0 spiro atoms. The molecular formula is C23H21N3O5. The maximum atomic E-state index is 12.7. The number of methoxy groups -OCH3 is 1. The molecule has 0 aliphatic heterocycles. The molecule has 0 aliphatic rings. The fraction of sp³-hybridized carbons (Fsp3) is 0.0870. The van der Waals surface area contributed by atoms with Gasteiger partial charge >= 0.3 is 12.0 Å². The van der Waals surface area contributed by atoms with Crippen LogP contribution in [-0.2, 0) is 11.3 Å². The Bertz CT molecular complexity index is 1080. The van der Waals surface area contributed by atoms with Crippen molar-refractivity contribution in [1.82, 2.24) is 0 Å². The molecule has 0 unspecified atom stereocenters. The average Bonchev–Trinajstić information content (AvgIpc) is 2.78. The van der Waals surface area contributed by atoms with E-state index < -0.39 is 17.9 Å². The number of benzene rings is 3. The lowest BCUT2D eigenvalue weighted by Crippen LogP contribution is -2.19. The predicted molar refractivity (Wildman–Crippen MR) is 116 cm³/mol. The Kier molecular flexibility index (Phi) is 6.85. The van der Waals surface area contributed by atoms with E-state index in [1.807, 2.05) is 30.3 Å². The van der Waals surface area contributed by atoms with Crippen LogP contribution in [0, 0.1) is 0 Å². The van der Waals surface area contributed by atoms with E-state index in [0.29, 0.717) is 22.7 Å². The first-order chi connectivity index (χ1) is 15.0. The van der Waals surface area contributed by atoms with E-state index in [2.05, 4.69) is 10.6 Å². The molecule has 3 amide bonds. The highest BCUT2D eigenvalue weighted by molar-refractivity contribution is 6.06. The molecule has 31 heavy (non-hydrogen) atoms. The number of ether oxygens (including phenoxy) is 2. The molecule has 8 heteroatoms. The average molecular weight is 419 g/mol. The van der Waals surface area contributed by atoms with Crippen molar-refractivity contribution in [2.75, 3.05) is 17.7 Å². The summed E-state index contributed by atoms with van der Waals surface area (Å²) in [6.45, 7) is 0.286. The summed E-state index contributed by atoms with van der Waals surface area (Å²) in [4.78, 5) is 35.6. The van der Waals surface area contributed by atoms with Gasteiger partial charge in [-0.05, 0) is 48.0 Å². The molecular weight excluding hydrogens is 398 g/mol. The van der Waals surface area contributed by atoms with Crippen LogP contribution in [0.15, 0.2) is 72.8 Å². The lowest BCUT2D eigenvalue weighted by molar-refractivity contribution is 0.0600. The van der Waals surface area contributed by atoms with E-state index in [4.69, 9.17) is 15.2 Å². The van der Waals surface area contributed by atoms with Crippen molar-refractivity contribution < 1.29 is 23.9 Å². The molecule has 158 valence electrons. The van der Waals surface area contributed by atoms with Crippen LogP contribution >= 0.6 is 0 Å². The van der Waals surface area contributed by atoms with E-state index in [1.165, 1.54) is 25.3 Å². The summed E-state index contributed by atoms with van der Waals surface area (Å²) in [5.74, 6) is -0.555. The smallest absolute Gasteiger partial charge is 0.337 e. The van der Waals surface area contributed by atoms with Gasteiger partial charge in [-0.25, -0.2) is 9.59 Å². The normalized spacial score (nSPS) is 10.1. The molecule has 3 rings (SSSR count). The number of anilines is 2. The molecule has 0 saturated heterocycles. The lowest BCUT2D eigenvalue weighted by atomic mass is 10.1. The van der Waals surface area contributed by atoms with Gasteiger partial charge in [-0.3, -0.25) is 4.79 Å². The zero-order valence-corrected chi connectivity index (χ0v) is 16.8. The van der Waals surface area contributed by atoms with Crippen LogP contribution in [0.3, 0.4) is 0 Å². The molecule has 3 aromatic carbocycles. The summed E-state index contributed by atoms with van der Waals surface area (Å²) in [6.07, 6.45) is 0. The molecule has 0 aromatic heterocycles. The van der Waals surface area contributed by atoms with E-state index in [0.717, 1.165) is 5.56 Å². The number of carbonyl (C=O) groups is 3. The van der Waals surface area contributed by atoms with Gasteiger partial charge in [0.1, 0.15) is 12.4 Å². The quantitative estimate of drug-likeness (QED) is 0.503. The first-order valence-electron chi connectivity index (χ1n) is 9.33. The lowest BCUT2D eigenvalue weighted by Gasteiger charge is -2.14. The zero-order valence-electron chi connectivity index (χ0n) is 16.8. The Morgan fingerprint density at radius 1 is 0.871 bits per heavy atom. The van der Waals surface area contributed by atoms with Crippen molar-refractivity contribution in [3.63, 3.8) is 0 Å². The van der Waals surface area contributed by atoms with Gasteiger partial charge in [-0.2, -0.15) is 0 Å². The van der Waals surface area contributed by atoms with Gasteiger partial charge in [-0.1, -0.05) is 30.3 Å². The fourth-order valence-electron chi connectivity index (χ4n) is 2.78. The van der Waals surface area contributed by atoms with Crippen molar-refractivity contribution in [1.29, 1.82) is 0 Å². The minimum absolute atomic E-state index is 0.269. The van der Waals surface area contributed by atoms with Crippen LogP contribution in [0.25, 0.3) is 0 Å². The molecule has 0 atom stereocenters. The van der Waals surface area contributed by atoms with Crippen molar-refractivity contribution >= 4 is 29.3 Å². The Morgan fingerprint density at radius 2 is 1.55 bits per heavy atom. The molecule has 0 saturated carbocycles. The number of primary amides is 1. The number of hydrogen-bond donors (Lipinski definition) is 3. The Labute approximate surface area is 179 Å². The van der Waals surface area contributed by atoms with Gasteiger partial charge in [0.15, 0.2) is 0 Å². The Hall–Kier alpha value is -4.33. The number of carbonyl (C=O) groups excluding carboxylic acids is 3. The van der Waals surface area contributed by atoms with Crippen molar-refractivity contribution in [2.24, 2.45) is 5.73 Å². The van der Waals surface area contributed by atoms with Gasteiger partial charge in [0.25, 0.3) is 5.91 Å². The van der Waals surface area contributed by atoms with E-state index in [-0.39, 0.29) is 12.2 Å². The zero-order chi connectivity index (χ0) is 22.2. The second-order valence-corrected chi connectivity index (χ2v) is 6.50.